The summed E-state index contributed by atoms with van der Waals surface area (Å²) in [5.41, 5.74) is 1.41. The Morgan fingerprint density at radius 1 is 1.37 bits per heavy atom. The van der Waals surface area contributed by atoms with Crippen LogP contribution in [0, 0.1) is 11.2 Å². The van der Waals surface area contributed by atoms with E-state index in [2.05, 4.69) is 36.4 Å². The van der Waals surface area contributed by atoms with E-state index in [4.69, 9.17) is 4.74 Å². The van der Waals surface area contributed by atoms with Crippen molar-refractivity contribution in [3.8, 4) is 0 Å². The number of ether oxygens (including phenoxy) is 1. The van der Waals surface area contributed by atoms with Gasteiger partial charge in [-0.15, -0.1) is 0 Å². The summed E-state index contributed by atoms with van der Waals surface area (Å²) in [6.45, 7) is 4.65. The number of hydrogen-bond donors (Lipinski definition) is 0. The molecule has 1 atom stereocenters. The van der Waals surface area contributed by atoms with Gasteiger partial charge in [-0.05, 0) is 48.8 Å². The molecule has 0 heterocycles. The molecule has 1 aliphatic carbocycles. The Labute approximate surface area is 129 Å². The van der Waals surface area contributed by atoms with Crippen LogP contribution < -0.4 is 0 Å². The van der Waals surface area contributed by atoms with Gasteiger partial charge in [0.1, 0.15) is 5.82 Å². The fraction of sp³-hybridized carbons (Fsp3) is 0.625. The first kappa shape index (κ1) is 15.2. The largest absolute Gasteiger partial charge is 0.369 e. The second-order valence-corrected chi connectivity index (χ2v) is 7.08. The molecule has 19 heavy (non-hydrogen) atoms. The van der Waals surface area contributed by atoms with E-state index in [9.17, 15) is 4.39 Å². The number of rotatable bonds is 4. The van der Waals surface area contributed by atoms with Gasteiger partial charge in [0.15, 0.2) is 0 Å². The molecular formula is C16H22FIO. The molecule has 3 heteroatoms. The van der Waals surface area contributed by atoms with Crippen molar-refractivity contribution in [3.05, 3.63) is 35.6 Å². The van der Waals surface area contributed by atoms with Crippen LogP contribution in [0.15, 0.2) is 24.3 Å². The van der Waals surface area contributed by atoms with Gasteiger partial charge in [0, 0.05) is 4.43 Å². The van der Waals surface area contributed by atoms with E-state index in [-0.39, 0.29) is 11.9 Å². The van der Waals surface area contributed by atoms with Crippen molar-refractivity contribution in [2.75, 3.05) is 4.43 Å². The molecule has 2 rings (SSSR count). The first-order chi connectivity index (χ1) is 9.00. The van der Waals surface area contributed by atoms with Crippen molar-refractivity contribution in [2.45, 2.75) is 51.7 Å². The smallest absolute Gasteiger partial charge is 0.123 e. The summed E-state index contributed by atoms with van der Waals surface area (Å²) in [7, 11) is 0. The summed E-state index contributed by atoms with van der Waals surface area (Å²) in [6, 6.07) is 6.80. The van der Waals surface area contributed by atoms with E-state index >= 15 is 0 Å². The van der Waals surface area contributed by atoms with Crippen molar-refractivity contribution in [1.29, 1.82) is 0 Å². The minimum absolute atomic E-state index is 0.0162. The van der Waals surface area contributed by atoms with Gasteiger partial charge in [-0.2, -0.15) is 0 Å². The molecular weight excluding hydrogens is 354 g/mol. The molecule has 1 fully saturated rings. The van der Waals surface area contributed by atoms with Crippen molar-refractivity contribution < 1.29 is 9.13 Å². The van der Waals surface area contributed by atoms with Crippen LogP contribution in [-0.2, 0) is 4.74 Å². The molecule has 0 radical (unpaired) electrons. The zero-order valence-corrected chi connectivity index (χ0v) is 13.8. The lowest BCUT2D eigenvalue weighted by atomic mass is 9.76. The van der Waals surface area contributed by atoms with Gasteiger partial charge in [0.05, 0.1) is 12.2 Å². The fourth-order valence-corrected chi connectivity index (χ4v) is 3.37. The third-order valence-electron chi connectivity index (χ3n) is 4.00. The highest BCUT2D eigenvalue weighted by atomic mass is 127. The third-order valence-corrected chi connectivity index (χ3v) is 4.80. The summed E-state index contributed by atoms with van der Waals surface area (Å²) in [5, 5.41) is 0. The SMILES string of the molecule is CC1(C)CCC(OC(CI)c2cccc(F)c2)CC1. The molecule has 1 saturated carbocycles. The number of halogens is 2. The molecule has 0 bridgehead atoms. The molecule has 106 valence electrons. The molecule has 0 amide bonds. The van der Waals surface area contributed by atoms with E-state index in [0.29, 0.717) is 11.5 Å². The van der Waals surface area contributed by atoms with Gasteiger partial charge in [0.2, 0.25) is 0 Å². The standard InChI is InChI=1S/C16H22FIO/c1-16(2)8-6-14(7-9-16)19-15(11-18)12-4-3-5-13(17)10-12/h3-5,10,14-15H,6-9,11H2,1-2H3. The molecule has 0 saturated heterocycles. The third kappa shape index (κ3) is 4.42. The molecule has 1 aromatic carbocycles. The highest BCUT2D eigenvalue weighted by Crippen LogP contribution is 2.38. The van der Waals surface area contributed by atoms with E-state index in [1.165, 1.54) is 18.9 Å². The van der Waals surface area contributed by atoms with E-state index in [0.717, 1.165) is 22.8 Å². The van der Waals surface area contributed by atoms with Crippen LogP contribution in [-0.4, -0.2) is 10.5 Å². The number of hydrogen-bond acceptors (Lipinski definition) is 1. The Hall–Kier alpha value is -0.160. The van der Waals surface area contributed by atoms with Gasteiger partial charge in [-0.3, -0.25) is 0 Å². The molecule has 0 N–H and O–H groups in total. The van der Waals surface area contributed by atoms with E-state index < -0.39 is 0 Å². The molecule has 0 aliphatic heterocycles. The van der Waals surface area contributed by atoms with Crippen LogP contribution in [0.1, 0.15) is 51.2 Å². The molecule has 1 nitrogen and oxygen atoms in total. The second-order valence-electron chi connectivity index (χ2n) is 6.20. The average Bonchev–Trinajstić information content (AvgIpc) is 2.37. The maximum absolute atomic E-state index is 13.3. The van der Waals surface area contributed by atoms with Gasteiger partial charge in [0.25, 0.3) is 0 Å². The maximum Gasteiger partial charge on any atom is 0.123 e. The van der Waals surface area contributed by atoms with Gasteiger partial charge >= 0.3 is 0 Å². The monoisotopic (exact) mass is 376 g/mol. The summed E-state index contributed by atoms with van der Waals surface area (Å²) < 4.78 is 20.3. The van der Waals surface area contributed by atoms with Crippen molar-refractivity contribution in [1.82, 2.24) is 0 Å². The Morgan fingerprint density at radius 3 is 2.63 bits per heavy atom. The minimum Gasteiger partial charge on any atom is -0.369 e. The van der Waals surface area contributed by atoms with Crippen molar-refractivity contribution in [3.63, 3.8) is 0 Å². The second kappa shape index (κ2) is 6.53. The first-order valence-corrected chi connectivity index (χ1v) is 8.50. The maximum atomic E-state index is 13.3. The lowest BCUT2D eigenvalue weighted by molar-refractivity contribution is -0.0358. The predicted octanol–water partition coefficient (Wildman–Crippen LogP) is 5.29. The summed E-state index contributed by atoms with van der Waals surface area (Å²) in [4.78, 5) is 0. The number of benzene rings is 1. The fourth-order valence-electron chi connectivity index (χ4n) is 2.65. The van der Waals surface area contributed by atoms with Crippen LogP contribution in [0.4, 0.5) is 4.39 Å². The number of alkyl halides is 1. The Bertz CT molecular complexity index is 409. The quantitative estimate of drug-likeness (QED) is 0.513. The Morgan fingerprint density at radius 2 is 2.05 bits per heavy atom. The predicted molar refractivity (Wildman–Crippen MR) is 85.2 cm³/mol. The van der Waals surface area contributed by atoms with E-state index in [1.807, 2.05) is 6.07 Å². The highest BCUT2D eigenvalue weighted by Gasteiger charge is 2.28. The molecule has 0 aromatic heterocycles. The molecule has 0 spiro atoms. The topological polar surface area (TPSA) is 9.23 Å². The van der Waals surface area contributed by atoms with Crippen LogP contribution in [0.25, 0.3) is 0 Å². The summed E-state index contributed by atoms with van der Waals surface area (Å²) in [6.07, 6.45) is 5.02. The zero-order chi connectivity index (χ0) is 13.9. The minimum atomic E-state index is -0.180. The zero-order valence-electron chi connectivity index (χ0n) is 11.7. The highest BCUT2D eigenvalue weighted by molar-refractivity contribution is 14.1. The van der Waals surface area contributed by atoms with Gasteiger partial charge < -0.3 is 4.74 Å². The molecule has 1 aromatic rings. The summed E-state index contributed by atoms with van der Waals surface area (Å²) >= 11 is 2.32. The van der Waals surface area contributed by atoms with Crippen LogP contribution >= 0.6 is 22.6 Å². The lowest BCUT2D eigenvalue weighted by Gasteiger charge is -2.35. The summed E-state index contributed by atoms with van der Waals surface area (Å²) in [5.74, 6) is -0.180. The van der Waals surface area contributed by atoms with Crippen LogP contribution in [0.3, 0.4) is 0 Å². The lowest BCUT2D eigenvalue weighted by Crippen LogP contribution is -2.28. The molecule has 1 unspecified atom stereocenters. The molecule has 1 aliphatic rings. The van der Waals surface area contributed by atoms with Gasteiger partial charge in [-0.1, -0.05) is 48.6 Å². The average molecular weight is 376 g/mol. The van der Waals surface area contributed by atoms with Crippen molar-refractivity contribution >= 4 is 22.6 Å². The van der Waals surface area contributed by atoms with Crippen molar-refractivity contribution in [2.24, 2.45) is 5.41 Å². The Kier molecular flexibility index (Phi) is 5.23. The van der Waals surface area contributed by atoms with Crippen LogP contribution in [0.5, 0.6) is 0 Å². The van der Waals surface area contributed by atoms with E-state index in [1.54, 1.807) is 12.1 Å². The normalized spacial score (nSPS) is 21.3. The van der Waals surface area contributed by atoms with Gasteiger partial charge in [-0.25, -0.2) is 4.39 Å². The Balaban J connectivity index is 1.97. The van der Waals surface area contributed by atoms with Crippen LogP contribution in [0.2, 0.25) is 0 Å². The first-order valence-electron chi connectivity index (χ1n) is 6.97.